The fraction of sp³-hybridized carbons (Fsp3) is 0.692. The average molecular weight is 220 g/mol. The molecule has 0 saturated heterocycles. The number of fused-ring (bicyclic) bond motifs is 1. The first-order chi connectivity index (χ1) is 7.50. The molecule has 88 valence electrons. The molecule has 0 bridgehead atoms. The van der Waals surface area contributed by atoms with E-state index >= 15 is 0 Å². The van der Waals surface area contributed by atoms with E-state index in [-0.39, 0.29) is 5.60 Å². The van der Waals surface area contributed by atoms with Crippen molar-refractivity contribution in [1.29, 1.82) is 0 Å². The summed E-state index contributed by atoms with van der Waals surface area (Å²) in [4.78, 5) is 8.66. The van der Waals surface area contributed by atoms with Crippen LogP contribution in [0.15, 0.2) is 6.33 Å². The van der Waals surface area contributed by atoms with Gasteiger partial charge in [0, 0.05) is 11.3 Å². The Hall–Kier alpha value is -0.960. The standard InChI is InChI=1S/C13H20N2O/c1-8(2)13(9(3)4)12-10(5)14-7-15-11(12)6-16-13/h7-9H,6H2,1-5H3. The summed E-state index contributed by atoms with van der Waals surface area (Å²) >= 11 is 0. The minimum absolute atomic E-state index is 0.208. The molecule has 0 amide bonds. The van der Waals surface area contributed by atoms with Gasteiger partial charge in [-0.3, -0.25) is 0 Å². The molecule has 0 aliphatic carbocycles. The van der Waals surface area contributed by atoms with Crippen molar-refractivity contribution in [1.82, 2.24) is 9.97 Å². The van der Waals surface area contributed by atoms with E-state index in [1.165, 1.54) is 5.56 Å². The Bertz CT molecular complexity index is 391. The summed E-state index contributed by atoms with van der Waals surface area (Å²) in [5, 5.41) is 0. The van der Waals surface area contributed by atoms with Crippen molar-refractivity contribution in [3.8, 4) is 0 Å². The van der Waals surface area contributed by atoms with Crippen molar-refractivity contribution >= 4 is 0 Å². The normalized spacial score (nSPS) is 18.2. The van der Waals surface area contributed by atoms with Crippen molar-refractivity contribution in [2.24, 2.45) is 11.8 Å². The van der Waals surface area contributed by atoms with Gasteiger partial charge in [-0.1, -0.05) is 27.7 Å². The van der Waals surface area contributed by atoms with Crippen LogP contribution >= 0.6 is 0 Å². The second kappa shape index (κ2) is 3.81. The molecular weight excluding hydrogens is 200 g/mol. The van der Waals surface area contributed by atoms with Gasteiger partial charge in [0.15, 0.2) is 0 Å². The zero-order valence-electron chi connectivity index (χ0n) is 10.7. The minimum atomic E-state index is -0.208. The molecule has 3 nitrogen and oxygen atoms in total. The maximum Gasteiger partial charge on any atom is 0.116 e. The fourth-order valence-corrected chi connectivity index (χ4v) is 2.98. The van der Waals surface area contributed by atoms with E-state index in [1.807, 2.05) is 0 Å². The third kappa shape index (κ3) is 1.38. The van der Waals surface area contributed by atoms with Gasteiger partial charge < -0.3 is 4.74 Å². The molecule has 0 spiro atoms. The number of hydrogen-bond acceptors (Lipinski definition) is 3. The SMILES string of the molecule is Cc1ncnc2c1C(C(C)C)(C(C)C)OC2. The summed E-state index contributed by atoms with van der Waals surface area (Å²) in [6.07, 6.45) is 1.63. The lowest BCUT2D eigenvalue weighted by molar-refractivity contribution is -0.106. The number of ether oxygens (including phenoxy) is 1. The van der Waals surface area contributed by atoms with E-state index in [0.717, 1.165) is 11.4 Å². The molecule has 16 heavy (non-hydrogen) atoms. The van der Waals surface area contributed by atoms with Crippen LogP contribution in [0.25, 0.3) is 0 Å². The highest BCUT2D eigenvalue weighted by molar-refractivity contribution is 5.34. The zero-order valence-corrected chi connectivity index (χ0v) is 10.7. The van der Waals surface area contributed by atoms with Crippen molar-refractivity contribution < 1.29 is 4.74 Å². The number of aryl methyl sites for hydroxylation is 1. The first-order valence-corrected chi connectivity index (χ1v) is 5.95. The fourth-order valence-electron chi connectivity index (χ4n) is 2.98. The van der Waals surface area contributed by atoms with E-state index in [4.69, 9.17) is 4.74 Å². The third-order valence-electron chi connectivity index (χ3n) is 3.67. The predicted octanol–water partition coefficient (Wildman–Crippen LogP) is 2.82. The van der Waals surface area contributed by atoms with Crippen molar-refractivity contribution in [3.05, 3.63) is 23.3 Å². The molecule has 1 aliphatic rings. The van der Waals surface area contributed by atoms with E-state index in [2.05, 4.69) is 44.6 Å². The number of hydrogen-bond donors (Lipinski definition) is 0. The number of rotatable bonds is 2. The highest BCUT2D eigenvalue weighted by Gasteiger charge is 2.47. The van der Waals surface area contributed by atoms with Crippen LogP contribution in [-0.4, -0.2) is 9.97 Å². The van der Waals surface area contributed by atoms with Crippen molar-refractivity contribution in [2.75, 3.05) is 0 Å². The molecule has 2 rings (SSSR count). The van der Waals surface area contributed by atoms with Gasteiger partial charge in [-0.2, -0.15) is 0 Å². The van der Waals surface area contributed by atoms with Crippen molar-refractivity contribution in [3.63, 3.8) is 0 Å². The minimum Gasteiger partial charge on any atom is -0.363 e. The van der Waals surface area contributed by atoms with Gasteiger partial charge in [0.2, 0.25) is 0 Å². The van der Waals surface area contributed by atoms with Crippen LogP contribution in [0.1, 0.15) is 44.6 Å². The van der Waals surface area contributed by atoms with Crippen LogP contribution in [0.2, 0.25) is 0 Å². The molecule has 0 N–H and O–H groups in total. The molecule has 1 aromatic rings. The largest absolute Gasteiger partial charge is 0.363 e. The Morgan fingerprint density at radius 3 is 2.38 bits per heavy atom. The summed E-state index contributed by atoms with van der Waals surface area (Å²) in [6, 6.07) is 0. The highest BCUT2D eigenvalue weighted by Crippen LogP contribution is 2.47. The average Bonchev–Trinajstić information content (AvgIpc) is 2.59. The second-order valence-electron chi connectivity index (χ2n) is 5.17. The summed E-state index contributed by atoms with van der Waals surface area (Å²) in [6.45, 7) is 11.5. The van der Waals surface area contributed by atoms with E-state index in [9.17, 15) is 0 Å². The lowest BCUT2D eigenvalue weighted by Gasteiger charge is -2.38. The monoisotopic (exact) mass is 220 g/mol. The molecule has 1 aliphatic heterocycles. The number of aromatic nitrogens is 2. The Morgan fingerprint density at radius 1 is 1.19 bits per heavy atom. The Balaban J connectivity index is 2.63. The van der Waals surface area contributed by atoms with Crippen LogP contribution in [0.5, 0.6) is 0 Å². The molecule has 1 aromatic heterocycles. The van der Waals surface area contributed by atoms with Crippen molar-refractivity contribution in [2.45, 2.75) is 46.8 Å². The van der Waals surface area contributed by atoms with Gasteiger partial charge in [0.25, 0.3) is 0 Å². The zero-order chi connectivity index (χ0) is 11.9. The van der Waals surface area contributed by atoms with Gasteiger partial charge in [0.1, 0.15) is 11.9 Å². The molecule has 3 heteroatoms. The molecule has 0 atom stereocenters. The second-order valence-corrected chi connectivity index (χ2v) is 5.17. The molecule has 0 radical (unpaired) electrons. The molecular formula is C13H20N2O. The van der Waals surface area contributed by atoms with Gasteiger partial charge in [0.05, 0.1) is 12.3 Å². The van der Waals surface area contributed by atoms with Crippen LogP contribution in [0.4, 0.5) is 0 Å². The van der Waals surface area contributed by atoms with Gasteiger partial charge in [-0.05, 0) is 18.8 Å². The lowest BCUT2D eigenvalue weighted by atomic mass is 9.75. The van der Waals surface area contributed by atoms with Crippen LogP contribution in [0.3, 0.4) is 0 Å². The third-order valence-corrected chi connectivity index (χ3v) is 3.67. The molecule has 0 fully saturated rings. The van der Waals surface area contributed by atoms with Crippen LogP contribution < -0.4 is 0 Å². The topological polar surface area (TPSA) is 35.0 Å². The first kappa shape index (κ1) is 11.5. The molecule has 2 heterocycles. The molecule has 0 aromatic carbocycles. The smallest absolute Gasteiger partial charge is 0.116 e. The van der Waals surface area contributed by atoms with E-state index in [1.54, 1.807) is 6.33 Å². The van der Waals surface area contributed by atoms with Gasteiger partial charge in [-0.15, -0.1) is 0 Å². The summed E-state index contributed by atoms with van der Waals surface area (Å²) in [5.74, 6) is 0.858. The van der Waals surface area contributed by atoms with Gasteiger partial charge >= 0.3 is 0 Å². The highest BCUT2D eigenvalue weighted by atomic mass is 16.5. The maximum atomic E-state index is 6.11. The summed E-state index contributed by atoms with van der Waals surface area (Å²) < 4.78 is 6.11. The Morgan fingerprint density at radius 2 is 1.81 bits per heavy atom. The predicted molar refractivity (Wildman–Crippen MR) is 62.9 cm³/mol. The van der Waals surface area contributed by atoms with Crippen LogP contribution in [-0.2, 0) is 16.9 Å². The van der Waals surface area contributed by atoms with Crippen LogP contribution in [0, 0.1) is 18.8 Å². The summed E-state index contributed by atoms with van der Waals surface area (Å²) in [7, 11) is 0. The maximum absolute atomic E-state index is 6.11. The Labute approximate surface area is 97.3 Å². The van der Waals surface area contributed by atoms with Gasteiger partial charge in [-0.25, -0.2) is 9.97 Å². The number of nitrogens with zero attached hydrogens (tertiary/aromatic N) is 2. The Kier molecular flexibility index (Phi) is 2.74. The lowest BCUT2D eigenvalue weighted by Crippen LogP contribution is -2.38. The molecule has 0 saturated carbocycles. The first-order valence-electron chi connectivity index (χ1n) is 5.95. The quantitative estimate of drug-likeness (QED) is 0.768. The van der Waals surface area contributed by atoms with E-state index in [0.29, 0.717) is 18.4 Å². The molecule has 0 unspecified atom stereocenters. The van der Waals surface area contributed by atoms with E-state index < -0.39 is 0 Å². The summed E-state index contributed by atoms with van der Waals surface area (Å²) in [5.41, 5.74) is 3.14.